The molecule has 0 radical (unpaired) electrons. The molecule has 3 N–H and O–H groups in total. The standard InChI is InChI=1S/C22H20N2O8/c1-31-12-6-7-13(14(9-12)32-2)17-15-16(18(23-17)22(29)30)20(26)24(19(15)25)11-5-3-4-10(8-11)21(27)28/h3-9,15-18,23H,1-2H3,(H,27,28)(H,29,30)/t15-,16+,17+,18+/m1/s1. The first kappa shape index (κ1) is 21.3. The lowest BCUT2D eigenvalue weighted by Gasteiger charge is -2.23. The summed E-state index contributed by atoms with van der Waals surface area (Å²) in [6, 6.07) is 8.21. The van der Waals surface area contributed by atoms with Crippen molar-refractivity contribution in [1.82, 2.24) is 5.32 Å². The molecular weight excluding hydrogens is 420 g/mol. The van der Waals surface area contributed by atoms with Crippen LogP contribution in [0.3, 0.4) is 0 Å². The molecule has 10 heteroatoms. The van der Waals surface area contributed by atoms with Crippen molar-refractivity contribution in [2.45, 2.75) is 12.1 Å². The Kier molecular flexibility index (Phi) is 5.31. The number of ether oxygens (including phenoxy) is 2. The quantitative estimate of drug-likeness (QED) is 0.567. The number of anilines is 1. The number of nitrogens with one attached hydrogen (secondary N) is 1. The second-order valence-electron chi connectivity index (χ2n) is 7.49. The molecule has 2 saturated heterocycles. The fourth-order valence-electron chi connectivity index (χ4n) is 4.43. The van der Waals surface area contributed by atoms with Crippen LogP contribution in [0, 0.1) is 11.8 Å². The molecule has 32 heavy (non-hydrogen) atoms. The van der Waals surface area contributed by atoms with Gasteiger partial charge in [-0.1, -0.05) is 12.1 Å². The van der Waals surface area contributed by atoms with Gasteiger partial charge in [0.25, 0.3) is 0 Å². The number of rotatable bonds is 6. The Morgan fingerprint density at radius 3 is 2.31 bits per heavy atom. The third-order valence-electron chi connectivity index (χ3n) is 5.87. The lowest BCUT2D eigenvalue weighted by molar-refractivity contribution is -0.142. The first-order valence-electron chi connectivity index (χ1n) is 9.70. The number of hydrogen-bond donors (Lipinski definition) is 3. The Balaban J connectivity index is 1.79. The second-order valence-corrected chi connectivity index (χ2v) is 7.49. The third kappa shape index (κ3) is 3.25. The van der Waals surface area contributed by atoms with Crippen LogP contribution in [0.15, 0.2) is 42.5 Å². The van der Waals surface area contributed by atoms with E-state index < -0.39 is 47.7 Å². The predicted molar refractivity (Wildman–Crippen MR) is 110 cm³/mol. The number of methoxy groups -OCH3 is 2. The summed E-state index contributed by atoms with van der Waals surface area (Å²) in [5.41, 5.74) is 0.495. The van der Waals surface area contributed by atoms with E-state index in [1.54, 1.807) is 18.2 Å². The van der Waals surface area contributed by atoms with Gasteiger partial charge in [0.1, 0.15) is 17.5 Å². The first-order valence-corrected chi connectivity index (χ1v) is 9.70. The fourth-order valence-corrected chi connectivity index (χ4v) is 4.43. The maximum atomic E-state index is 13.4. The average Bonchev–Trinajstić information content (AvgIpc) is 3.30. The minimum absolute atomic E-state index is 0.0823. The normalized spacial score (nSPS) is 24.4. The van der Waals surface area contributed by atoms with Crippen molar-refractivity contribution >= 4 is 29.4 Å². The van der Waals surface area contributed by atoms with E-state index in [1.165, 1.54) is 38.5 Å². The van der Waals surface area contributed by atoms with Crippen LogP contribution in [0.1, 0.15) is 22.0 Å². The maximum Gasteiger partial charge on any atom is 0.335 e. The largest absolute Gasteiger partial charge is 0.497 e. The van der Waals surface area contributed by atoms with Crippen LogP contribution in [0.5, 0.6) is 11.5 Å². The highest BCUT2D eigenvalue weighted by atomic mass is 16.5. The van der Waals surface area contributed by atoms with Crippen molar-refractivity contribution in [3.63, 3.8) is 0 Å². The van der Waals surface area contributed by atoms with Gasteiger partial charge in [-0.3, -0.25) is 19.7 Å². The zero-order valence-corrected chi connectivity index (χ0v) is 17.1. The molecule has 0 unspecified atom stereocenters. The average molecular weight is 440 g/mol. The summed E-state index contributed by atoms with van der Waals surface area (Å²) in [6.45, 7) is 0. The maximum absolute atomic E-state index is 13.4. The Morgan fingerprint density at radius 2 is 1.69 bits per heavy atom. The minimum Gasteiger partial charge on any atom is -0.497 e. The molecule has 0 saturated carbocycles. The van der Waals surface area contributed by atoms with E-state index in [4.69, 9.17) is 9.47 Å². The Morgan fingerprint density at radius 1 is 0.969 bits per heavy atom. The molecule has 4 rings (SSSR count). The van der Waals surface area contributed by atoms with Crippen LogP contribution in [-0.4, -0.2) is 54.2 Å². The molecule has 2 heterocycles. The van der Waals surface area contributed by atoms with E-state index in [2.05, 4.69) is 5.32 Å². The Labute approximate surface area is 182 Å². The molecule has 2 fully saturated rings. The number of carboxylic acids is 2. The molecular formula is C22H20N2O8. The summed E-state index contributed by atoms with van der Waals surface area (Å²) in [5, 5.41) is 21.9. The first-order chi connectivity index (χ1) is 15.3. The van der Waals surface area contributed by atoms with Crippen LogP contribution >= 0.6 is 0 Å². The summed E-state index contributed by atoms with van der Waals surface area (Å²) >= 11 is 0. The highest BCUT2D eigenvalue weighted by Gasteiger charge is 2.61. The van der Waals surface area contributed by atoms with Gasteiger partial charge in [0.2, 0.25) is 11.8 Å². The fraction of sp³-hybridized carbons (Fsp3) is 0.273. The topological polar surface area (TPSA) is 142 Å². The van der Waals surface area contributed by atoms with E-state index in [1.807, 2.05) is 0 Å². The zero-order chi connectivity index (χ0) is 23.2. The monoisotopic (exact) mass is 440 g/mol. The van der Waals surface area contributed by atoms with Gasteiger partial charge in [-0.2, -0.15) is 0 Å². The summed E-state index contributed by atoms with van der Waals surface area (Å²) in [5.74, 6) is -5.08. The molecule has 2 aromatic rings. The van der Waals surface area contributed by atoms with Crippen molar-refractivity contribution < 1.29 is 38.9 Å². The number of carboxylic acid groups (broad SMARTS) is 2. The number of fused-ring (bicyclic) bond motifs is 1. The van der Waals surface area contributed by atoms with E-state index in [-0.39, 0.29) is 11.3 Å². The van der Waals surface area contributed by atoms with Crippen molar-refractivity contribution in [2.75, 3.05) is 19.1 Å². The molecule has 2 aliphatic heterocycles. The van der Waals surface area contributed by atoms with E-state index in [0.717, 1.165) is 4.90 Å². The van der Waals surface area contributed by atoms with Crippen molar-refractivity contribution in [3.8, 4) is 11.5 Å². The summed E-state index contributed by atoms with van der Waals surface area (Å²) in [7, 11) is 2.92. The number of carbonyl (C=O) groups excluding carboxylic acids is 2. The lowest BCUT2D eigenvalue weighted by atomic mass is 9.86. The van der Waals surface area contributed by atoms with Crippen LogP contribution in [0.4, 0.5) is 5.69 Å². The predicted octanol–water partition coefficient (Wildman–Crippen LogP) is 1.31. The molecule has 0 aromatic heterocycles. The molecule has 2 amide bonds. The summed E-state index contributed by atoms with van der Waals surface area (Å²) in [4.78, 5) is 50.8. The zero-order valence-electron chi connectivity index (χ0n) is 17.1. The van der Waals surface area contributed by atoms with E-state index in [0.29, 0.717) is 17.1 Å². The molecule has 0 spiro atoms. The van der Waals surface area contributed by atoms with Crippen molar-refractivity contribution in [2.24, 2.45) is 11.8 Å². The summed E-state index contributed by atoms with van der Waals surface area (Å²) in [6.07, 6.45) is 0. The minimum atomic E-state index is -1.30. The molecule has 4 atom stereocenters. The van der Waals surface area contributed by atoms with Crippen molar-refractivity contribution in [1.29, 1.82) is 0 Å². The van der Waals surface area contributed by atoms with Crippen LogP contribution in [0.2, 0.25) is 0 Å². The van der Waals surface area contributed by atoms with Crippen LogP contribution in [0.25, 0.3) is 0 Å². The van der Waals surface area contributed by atoms with Gasteiger partial charge in [0.05, 0.1) is 37.3 Å². The molecule has 0 aliphatic carbocycles. The van der Waals surface area contributed by atoms with Gasteiger partial charge in [0.15, 0.2) is 0 Å². The third-order valence-corrected chi connectivity index (χ3v) is 5.87. The number of hydrogen-bond acceptors (Lipinski definition) is 7. The van der Waals surface area contributed by atoms with Crippen LogP contribution in [-0.2, 0) is 14.4 Å². The number of amides is 2. The van der Waals surface area contributed by atoms with Gasteiger partial charge < -0.3 is 19.7 Å². The smallest absolute Gasteiger partial charge is 0.335 e. The van der Waals surface area contributed by atoms with Gasteiger partial charge in [-0.05, 0) is 24.3 Å². The second kappa shape index (κ2) is 7.97. The van der Waals surface area contributed by atoms with Crippen LogP contribution < -0.4 is 19.7 Å². The van der Waals surface area contributed by atoms with Gasteiger partial charge in [0, 0.05) is 17.7 Å². The molecule has 166 valence electrons. The number of carbonyl (C=O) groups is 4. The highest BCUT2D eigenvalue weighted by Crippen LogP contribution is 2.47. The number of nitrogens with zero attached hydrogens (tertiary/aromatic N) is 1. The van der Waals surface area contributed by atoms with E-state index in [9.17, 15) is 29.4 Å². The lowest BCUT2D eigenvalue weighted by Crippen LogP contribution is -2.43. The van der Waals surface area contributed by atoms with Gasteiger partial charge >= 0.3 is 11.9 Å². The summed E-state index contributed by atoms with van der Waals surface area (Å²) < 4.78 is 10.6. The number of imide groups is 1. The SMILES string of the molecule is COc1ccc([C@@H]2N[C@H](C(=O)O)[C@H]3C(=O)N(c4cccc(C(=O)O)c4)C(=O)[C@H]32)c(OC)c1. The number of aliphatic carboxylic acids is 1. The van der Waals surface area contributed by atoms with Gasteiger partial charge in [-0.15, -0.1) is 0 Å². The van der Waals surface area contributed by atoms with E-state index >= 15 is 0 Å². The molecule has 10 nitrogen and oxygen atoms in total. The highest BCUT2D eigenvalue weighted by molar-refractivity contribution is 6.24. The number of benzene rings is 2. The van der Waals surface area contributed by atoms with Crippen molar-refractivity contribution in [3.05, 3.63) is 53.6 Å². The Bertz CT molecular complexity index is 1130. The van der Waals surface area contributed by atoms with Gasteiger partial charge in [-0.25, -0.2) is 9.69 Å². The number of aromatic carboxylic acids is 1. The molecule has 0 bridgehead atoms. The molecule has 2 aromatic carbocycles. The molecule has 2 aliphatic rings. The Hall–Kier alpha value is -3.92.